The Morgan fingerprint density at radius 2 is 2.08 bits per heavy atom. The molecule has 1 heterocycles. The number of benzene rings is 1. The quantitative estimate of drug-likeness (QED) is 0.805. The lowest BCUT2D eigenvalue weighted by Crippen LogP contribution is -2.42. The van der Waals surface area contributed by atoms with Gasteiger partial charge in [-0.3, -0.25) is 4.79 Å². The standard InChI is InChI=1S/C17H23FN4OS/c1-11(21-17(23)16(19)8-9-24-3)15-10-20-22(12(15)2)14-6-4-13(18)5-7-14/h4-7,10-11,16H,8-9,19H2,1-3H3,(H,21,23)/t11?,16-/m0/s1. The van der Waals surface area contributed by atoms with Crippen LogP contribution in [0, 0.1) is 12.7 Å². The van der Waals surface area contributed by atoms with Gasteiger partial charge in [0.25, 0.3) is 0 Å². The van der Waals surface area contributed by atoms with Crippen molar-refractivity contribution in [1.29, 1.82) is 0 Å². The summed E-state index contributed by atoms with van der Waals surface area (Å²) >= 11 is 1.67. The number of nitrogens with one attached hydrogen (secondary N) is 1. The van der Waals surface area contributed by atoms with Gasteiger partial charge in [0, 0.05) is 11.3 Å². The fraction of sp³-hybridized carbons (Fsp3) is 0.412. The minimum atomic E-state index is -0.507. The summed E-state index contributed by atoms with van der Waals surface area (Å²) in [6.07, 6.45) is 4.35. The average Bonchev–Trinajstić information content (AvgIpc) is 2.95. The molecule has 0 aliphatic heterocycles. The van der Waals surface area contributed by atoms with Gasteiger partial charge in [-0.05, 0) is 56.5 Å². The van der Waals surface area contributed by atoms with Crippen molar-refractivity contribution in [2.45, 2.75) is 32.4 Å². The second-order valence-electron chi connectivity index (χ2n) is 5.69. The number of nitrogens with zero attached hydrogens (tertiary/aromatic N) is 2. The summed E-state index contributed by atoms with van der Waals surface area (Å²) in [6, 6.07) is 5.42. The Morgan fingerprint density at radius 1 is 1.42 bits per heavy atom. The first kappa shape index (κ1) is 18.5. The minimum absolute atomic E-state index is 0.162. The number of carbonyl (C=O) groups excluding carboxylic acids is 1. The number of nitrogens with two attached hydrogens (primary N) is 1. The fourth-order valence-electron chi connectivity index (χ4n) is 2.46. The molecule has 2 aromatic rings. The van der Waals surface area contributed by atoms with Crippen LogP contribution in [0.25, 0.3) is 5.69 Å². The Kier molecular flexibility index (Phi) is 6.39. The monoisotopic (exact) mass is 350 g/mol. The lowest BCUT2D eigenvalue weighted by Gasteiger charge is -2.17. The van der Waals surface area contributed by atoms with Crippen LogP contribution < -0.4 is 11.1 Å². The van der Waals surface area contributed by atoms with Crippen molar-refractivity contribution >= 4 is 17.7 Å². The van der Waals surface area contributed by atoms with E-state index in [1.165, 1.54) is 12.1 Å². The predicted octanol–water partition coefficient (Wildman–Crippen LogP) is 2.58. The van der Waals surface area contributed by atoms with Crippen LogP contribution in [0.4, 0.5) is 4.39 Å². The van der Waals surface area contributed by atoms with E-state index >= 15 is 0 Å². The second kappa shape index (κ2) is 8.30. The summed E-state index contributed by atoms with van der Waals surface area (Å²) in [4.78, 5) is 12.1. The summed E-state index contributed by atoms with van der Waals surface area (Å²) in [7, 11) is 0. The third-order valence-corrected chi connectivity index (χ3v) is 4.56. The molecule has 2 atom stereocenters. The number of hydrogen-bond acceptors (Lipinski definition) is 4. The van der Waals surface area contributed by atoms with Gasteiger partial charge in [0.15, 0.2) is 0 Å². The second-order valence-corrected chi connectivity index (χ2v) is 6.68. The van der Waals surface area contributed by atoms with E-state index in [2.05, 4.69) is 10.4 Å². The maximum absolute atomic E-state index is 13.1. The number of carbonyl (C=O) groups is 1. The molecule has 0 radical (unpaired) electrons. The first-order chi connectivity index (χ1) is 11.4. The summed E-state index contributed by atoms with van der Waals surface area (Å²) in [6.45, 7) is 3.82. The zero-order valence-electron chi connectivity index (χ0n) is 14.1. The van der Waals surface area contributed by atoms with E-state index in [4.69, 9.17) is 5.73 Å². The number of amides is 1. The molecule has 1 amide bonds. The van der Waals surface area contributed by atoms with Crippen LogP contribution in [0.2, 0.25) is 0 Å². The van der Waals surface area contributed by atoms with E-state index in [1.54, 1.807) is 34.8 Å². The molecule has 0 aliphatic carbocycles. The Hall–Kier alpha value is -1.86. The topological polar surface area (TPSA) is 72.9 Å². The van der Waals surface area contributed by atoms with E-state index < -0.39 is 6.04 Å². The first-order valence-electron chi connectivity index (χ1n) is 7.79. The van der Waals surface area contributed by atoms with Crippen molar-refractivity contribution in [2.24, 2.45) is 5.73 Å². The van der Waals surface area contributed by atoms with Gasteiger partial charge in [-0.25, -0.2) is 9.07 Å². The van der Waals surface area contributed by atoms with Crippen LogP contribution in [0.1, 0.15) is 30.6 Å². The van der Waals surface area contributed by atoms with Gasteiger partial charge in [0.05, 0.1) is 24.0 Å². The molecule has 1 aromatic carbocycles. The maximum atomic E-state index is 13.1. The molecular formula is C17H23FN4OS. The lowest BCUT2D eigenvalue weighted by molar-refractivity contribution is -0.123. The molecule has 3 N–H and O–H groups in total. The summed E-state index contributed by atoms with van der Waals surface area (Å²) in [5, 5.41) is 7.28. The largest absolute Gasteiger partial charge is 0.348 e. The van der Waals surface area contributed by atoms with E-state index in [1.807, 2.05) is 20.1 Å². The molecule has 2 rings (SSSR count). The van der Waals surface area contributed by atoms with E-state index in [0.717, 1.165) is 22.7 Å². The van der Waals surface area contributed by atoms with Crippen molar-refractivity contribution in [3.63, 3.8) is 0 Å². The van der Waals surface area contributed by atoms with Crippen molar-refractivity contribution in [3.8, 4) is 5.69 Å². The van der Waals surface area contributed by atoms with Gasteiger partial charge >= 0.3 is 0 Å². The summed E-state index contributed by atoms with van der Waals surface area (Å²) < 4.78 is 14.8. The van der Waals surface area contributed by atoms with E-state index in [9.17, 15) is 9.18 Å². The molecule has 0 bridgehead atoms. The molecule has 0 saturated carbocycles. The minimum Gasteiger partial charge on any atom is -0.348 e. The highest BCUT2D eigenvalue weighted by Crippen LogP contribution is 2.20. The highest BCUT2D eigenvalue weighted by atomic mass is 32.2. The number of hydrogen-bond donors (Lipinski definition) is 2. The van der Waals surface area contributed by atoms with Crippen LogP contribution in [0.15, 0.2) is 30.5 Å². The molecule has 1 aromatic heterocycles. The normalized spacial score (nSPS) is 13.5. The van der Waals surface area contributed by atoms with Crippen LogP contribution in [-0.2, 0) is 4.79 Å². The zero-order valence-corrected chi connectivity index (χ0v) is 14.9. The van der Waals surface area contributed by atoms with Crippen LogP contribution in [0.5, 0.6) is 0 Å². The smallest absolute Gasteiger partial charge is 0.237 e. The average molecular weight is 350 g/mol. The Balaban J connectivity index is 2.09. The molecule has 130 valence electrons. The first-order valence-corrected chi connectivity index (χ1v) is 9.18. The third kappa shape index (κ3) is 4.36. The van der Waals surface area contributed by atoms with Crippen molar-refractivity contribution in [1.82, 2.24) is 15.1 Å². The van der Waals surface area contributed by atoms with Gasteiger partial charge in [0.2, 0.25) is 5.91 Å². The lowest BCUT2D eigenvalue weighted by atomic mass is 10.1. The SMILES string of the molecule is CSCC[C@H](N)C(=O)NC(C)c1cnn(-c2ccc(F)cc2)c1C. The molecule has 5 nitrogen and oxygen atoms in total. The highest BCUT2D eigenvalue weighted by molar-refractivity contribution is 7.98. The molecule has 1 unspecified atom stereocenters. The maximum Gasteiger partial charge on any atom is 0.237 e. The Bertz CT molecular complexity index is 686. The predicted molar refractivity (Wildman–Crippen MR) is 95.8 cm³/mol. The molecule has 0 spiro atoms. The van der Waals surface area contributed by atoms with Gasteiger partial charge in [0.1, 0.15) is 5.82 Å². The van der Waals surface area contributed by atoms with E-state index in [0.29, 0.717) is 6.42 Å². The van der Waals surface area contributed by atoms with Gasteiger partial charge in [-0.1, -0.05) is 0 Å². The van der Waals surface area contributed by atoms with Crippen molar-refractivity contribution < 1.29 is 9.18 Å². The molecule has 0 fully saturated rings. The third-order valence-electron chi connectivity index (χ3n) is 3.91. The van der Waals surface area contributed by atoms with Crippen molar-refractivity contribution in [2.75, 3.05) is 12.0 Å². The van der Waals surface area contributed by atoms with Crippen LogP contribution >= 0.6 is 11.8 Å². The summed E-state index contributed by atoms with van der Waals surface area (Å²) in [5.74, 6) is 0.402. The van der Waals surface area contributed by atoms with Crippen molar-refractivity contribution in [3.05, 3.63) is 47.5 Å². The molecule has 24 heavy (non-hydrogen) atoms. The molecule has 0 saturated heterocycles. The molecule has 7 heteroatoms. The van der Waals surface area contributed by atoms with Crippen LogP contribution in [-0.4, -0.2) is 33.7 Å². The highest BCUT2D eigenvalue weighted by Gasteiger charge is 2.19. The summed E-state index contributed by atoms with van der Waals surface area (Å²) in [5.41, 5.74) is 8.47. The number of halogens is 1. The number of thioether (sulfide) groups is 1. The molecule has 0 aliphatic rings. The number of rotatable bonds is 7. The van der Waals surface area contributed by atoms with Crippen LogP contribution in [0.3, 0.4) is 0 Å². The Labute approximate surface area is 145 Å². The van der Waals surface area contributed by atoms with E-state index in [-0.39, 0.29) is 17.8 Å². The zero-order chi connectivity index (χ0) is 17.7. The van der Waals surface area contributed by atoms with Gasteiger partial charge < -0.3 is 11.1 Å². The number of aromatic nitrogens is 2. The fourth-order valence-corrected chi connectivity index (χ4v) is 2.95. The molecular weight excluding hydrogens is 327 g/mol. The Morgan fingerprint density at radius 3 is 2.71 bits per heavy atom. The van der Waals surface area contributed by atoms with Gasteiger partial charge in [-0.15, -0.1) is 0 Å². The van der Waals surface area contributed by atoms with Gasteiger partial charge in [-0.2, -0.15) is 16.9 Å².